The minimum atomic E-state index is -0.204. The number of benzene rings is 1. The second kappa shape index (κ2) is 8.62. The van der Waals surface area contributed by atoms with Crippen molar-refractivity contribution in [1.82, 2.24) is 14.9 Å². The number of carbonyl (C=O) groups is 1. The molecule has 0 bridgehead atoms. The van der Waals surface area contributed by atoms with Crippen molar-refractivity contribution in [1.29, 1.82) is 0 Å². The summed E-state index contributed by atoms with van der Waals surface area (Å²) in [5, 5.41) is 0.735. The number of nitrogens with one attached hydrogen (secondary N) is 1. The van der Waals surface area contributed by atoms with E-state index in [4.69, 9.17) is 16.6 Å². The Hall–Kier alpha value is -2.92. The molecule has 3 aromatic rings. The number of rotatable bonds is 4. The number of aromatic nitrogens is 2. The fourth-order valence-electron chi connectivity index (χ4n) is 3.74. The maximum absolute atomic E-state index is 12.6. The van der Waals surface area contributed by atoms with Gasteiger partial charge in [-0.25, -0.2) is 0 Å². The molecule has 0 unspecified atom stereocenters. The molecule has 6 heteroatoms. The van der Waals surface area contributed by atoms with Crippen molar-refractivity contribution in [2.75, 3.05) is 13.1 Å². The molecule has 0 spiro atoms. The molecule has 1 amide bonds. The normalized spacial score (nSPS) is 14.7. The summed E-state index contributed by atoms with van der Waals surface area (Å²) >= 11 is 5.96. The Balaban J connectivity index is 1.39. The monoisotopic (exact) mass is 407 g/mol. The van der Waals surface area contributed by atoms with Crippen molar-refractivity contribution in [2.45, 2.75) is 25.2 Å². The summed E-state index contributed by atoms with van der Waals surface area (Å²) in [5.74, 6) is 0.309. The molecule has 5 nitrogen and oxygen atoms in total. The third-order valence-corrected chi connectivity index (χ3v) is 5.61. The molecular formula is C23H22ClN3O2. The van der Waals surface area contributed by atoms with Gasteiger partial charge >= 0.3 is 0 Å². The van der Waals surface area contributed by atoms with Gasteiger partial charge in [0.15, 0.2) is 0 Å². The first-order chi connectivity index (χ1) is 14.1. The number of amides is 1. The molecule has 1 N–H and O–H groups in total. The van der Waals surface area contributed by atoms with Crippen molar-refractivity contribution in [3.05, 3.63) is 98.7 Å². The predicted molar refractivity (Wildman–Crippen MR) is 113 cm³/mol. The first-order valence-electron chi connectivity index (χ1n) is 9.77. The van der Waals surface area contributed by atoms with Gasteiger partial charge in [0.1, 0.15) is 0 Å². The van der Waals surface area contributed by atoms with Crippen LogP contribution in [0.25, 0.3) is 0 Å². The van der Waals surface area contributed by atoms with Crippen LogP contribution in [0.15, 0.2) is 65.6 Å². The molecule has 148 valence electrons. The molecule has 0 atom stereocenters. The minimum absolute atomic E-state index is 0.0378. The van der Waals surface area contributed by atoms with Crippen LogP contribution >= 0.6 is 11.6 Å². The maximum atomic E-state index is 12.6. The van der Waals surface area contributed by atoms with Crippen molar-refractivity contribution in [3.63, 3.8) is 0 Å². The van der Waals surface area contributed by atoms with Crippen molar-refractivity contribution < 1.29 is 4.79 Å². The number of aromatic amines is 1. The molecule has 0 aliphatic carbocycles. The Bertz CT molecular complexity index is 1030. The zero-order chi connectivity index (χ0) is 20.2. The standard InChI is InChI=1S/C23H22ClN3O2/c24-19-7-4-16(5-8-19)14-20-2-1-3-21(26-20)17-10-12-27(13-11-17)23(29)18-6-9-22(28)25-15-18/h1-9,15,17H,10-14H2,(H,25,28). The zero-order valence-corrected chi connectivity index (χ0v) is 16.7. The third-order valence-electron chi connectivity index (χ3n) is 5.36. The van der Waals surface area contributed by atoms with Crippen LogP contribution in [0.4, 0.5) is 0 Å². The summed E-state index contributed by atoms with van der Waals surface area (Å²) < 4.78 is 0. The lowest BCUT2D eigenvalue weighted by molar-refractivity contribution is 0.0711. The van der Waals surface area contributed by atoms with Crippen LogP contribution in [0.3, 0.4) is 0 Å². The van der Waals surface area contributed by atoms with Crippen LogP contribution in [0.1, 0.15) is 46.1 Å². The molecule has 3 heterocycles. The number of halogens is 1. The largest absolute Gasteiger partial charge is 0.339 e. The summed E-state index contributed by atoms with van der Waals surface area (Å²) in [6.07, 6.45) is 4.02. The Morgan fingerprint density at radius 1 is 1.07 bits per heavy atom. The number of hydrogen-bond acceptors (Lipinski definition) is 3. The number of pyridine rings is 2. The molecule has 1 fully saturated rings. The third kappa shape index (κ3) is 4.74. The highest BCUT2D eigenvalue weighted by atomic mass is 35.5. The van der Waals surface area contributed by atoms with Crippen LogP contribution in [-0.4, -0.2) is 33.9 Å². The van der Waals surface area contributed by atoms with E-state index in [9.17, 15) is 9.59 Å². The number of piperidine rings is 1. The van der Waals surface area contributed by atoms with Crippen LogP contribution in [-0.2, 0) is 6.42 Å². The van der Waals surface area contributed by atoms with E-state index in [1.54, 1.807) is 6.07 Å². The molecule has 2 aromatic heterocycles. The van der Waals surface area contributed by atoms with E-state index in [1.165, 1.54) is 17.8 Å². The summed E-state index contributed by atoms with van der Waals surface area (Å²) in [7, 11) is 0. The molecular weight excluding hydrogens is 386 g/mol. The summed E-state index contributed by atoms with van der Waals surface area (Å²) in [6.45, 7) is 1.37. The Labute approximate surface area is 174 Å². The van der Waals surface area contributed by atoms with Crippen LogP contribution in [0, 0.1) is 0 Å². The number of carbonyl (C=O) groups excluding carboxylic acids is 1. The molecule has 1 aliphatic heterocycles. The fraction of sp³-hybridized carbons (Fsp3) is 0.261. The first kappa shape index (κ1) is 19.4. The highest BCUT2D eigenvalue weighted by molar-refractivity contribution is 6.30. The van der Waals surface area contributed by atoms with E-state index in [2.05, 4.69) is 17.1 Å². The van der Waals surface area contributed by atoms with Gasteiger partial charge in [-0.2, -0.15) is 0 Å². The van der Waals surface area contributed by atoms with Gasteiger partial charge in [0.05, 0.1) is 5.56 Å². The van der Waals surface area contributed by atoms with E-state index < -0.39 is 0 Å². The number of likely N-dealkylation sites (tertiary alicyclic amines) is 1. The molecule has 1 aromatic carbocycles. The van der Waals surface area contributed by atoms with Gasteiger partial charge in [-0.3, -0.25) is 14.6 Å². The fourth-order valence-corrected chi connectivity index (χ4v) is 3.87. The molecule has 4 rings (SSSR count). The van der Waals surface area contributed by atoms with Gasteiger partial charge in [-0.1, -0.05) is 29.8 Å². The Morgan fingerprint density at radius 2 is 1.83 bits per heavy atom. The maximum Gasteiger partial charge on any atom is 0.255 e. The quantitative estimate of drug-likeness (QED) is 0.709. The van der Waals surface area contributed by atoms with E-state index in [-0.39, 0.29) is 11.5 Å². The van der Waals surface area contributed by atoms with Crippen LogP contribution in [0.5, 0.6) is 0 Å². The molecule has 0 radical (unpaired) electrons. The highest BCUT2D eigenvalue weighted by Gasteiger charge is 2.25. The second-order valence-electron chi connectivity index (χ2n) is 7.37. The Morgan fingerprint density at radius 3 is 2.52 bits per heavy atom. The number of H-pyrrole nitrogens is 1. The van der Waals surface area contributed by atoms with Crippen molar-refractivity contribution >= 4 is 17.5 Å². The molecule has 29 heavy (non-hydrogen) atoms. The van der Waals surface area contributed by atoms with Gasteiger partial charge < -0.3 is 9.88 Å². The topological polar surface area (TPSA) is 66.1 Å². The average Bonchev–Trinajstić information content (AvgIpc) is 2.76. The summed E-state index contributed by atoms with van der Waals surface area (Å²) in [5.41, 5.74) is 3.63. The van der Waals surface area contributed by atoms with Gasteiger partial charge in [0, 0.05) is 54.1 Å². The zero-order valence-electron chi connectivity index (χ0n) is 16.0. The number of nitrogens with zero attached hydrogens (tertiary/aromatic N) is 2. The minimum Gasteiger partial charge on any atom is -0.339 e. The highest BCUT2D eigenvalue weighted by Crippen LogP contribution is 2.28. The smallest absolute Gasteiger partial charge is 0.255 e. The first-order valence-corrected chi connectivity index (χ1v) is 10.1. The average molecular weight is 408 g/mol. The van der Waals surface area contributed by atoms with Gasteiger partial charge in [-0.15, -0.1) is 0 Å². The van der Waals surface area contributed by atoms with Gasteiger partial charge in [0.25, 0.3) is 5.91 Å². The number of hydrogen-bond donors (Lipinski definition) is 1. The predicted octanol–water partition coefficient (Wildman–Crippen LogP) is 4.03. The van der Waals surface area contributed by atoms with E-state index in [0.717, 1.165) is 35.7 Å². The summed E-state index contributed by atoms with van der Waals surface area (Å²) in [6, 6.07) is 17.0. The van der Waals surface area contributed by atoms with E-state index in [0.29, 0.717) is 24.6 Å². The van der Waals surface area contributed by atoms with E-state index in [1.807, 2.05) is 35.2 Å². The van der Waals surface area contributed by atoms with Crippen LogP contribution in [0.2, 0.25) is 5.02 Å². The lowest BCUT2D eigenvalue weighted by atomic mass is 9.92. The van der Waals surface area contributed by atoms with Crippen molar-refractivity contribution in [3.8, 4) is 0 Å². The van der Waals surface area contributed by atoms with Gasteiger partial charge in [-0.05, 0) is 48.7 Å². The lowest BCUT2D eigenvalue weighted by Gasteiger charge is -2.32. The van der Waals surface area contributed by atoms with E-state index >= 15 is 0 Å². The second-order valence-corrected chi connectivity index (χ2v) is 7.80. The lowest BCUT2D eigenvalue weighted by Crippen LogP contribution is -2.38. The van der Waals surface area contributed by atoms with Crippen LogP contribution < -0.4 is 5.56 Å². The Kier molecular flexibility index (Phi) is 5.76. The summed E-state index contributed by atoms with van der Waals surface area (Å²) in [4.78, 5) is 33.1. The SMILES string of the molecule is O=C(c1ccc(=O)[nH]c1)N1CCC(c2cccc(Cc3ccc(Cl)cc3)n2)CC1. The van der Waals surface area contributed by atoms with Gasteiger partial charge in [0.2, 0.25) is 5.56 Å². The molecule has 0 saturated carbocycles. The molecule has 1 aliphatic rings. The van der Waals surface area contributed by atoms with Crippen molar-refractivity contribution in [2.24, 2.45) is 0 Å². The molecule has 1 saturated heterocycles.